The Kier molecular flexibility index (Phi) is 3.71. The van der Waals surface area contributed by atoms with Crippen LogP contribution in [0.4, 0.5) is 0 Å². The van der Waals surface area contributed by atoms with E-state index < -0.39 is 9.84 Å². The van der Waals surface area contributed by atoms with E-state index in [1.54, 1.807) is 0 Å². The first kappa shape index (κ1) is 13.6. The largest absolute Gasteiger partial charge is 0.310 e. The molecule has 0 aromatic heterocycles. The molecule has 0 amide bonds. The Morgan fingerprint density at radius 3 is 2.37 bits per heavy atom. The highest BCUT2D eigenvalue weighted by Gasteiger charge is 2.35. The van der Waals surface area contributed by atoms with Crippen LogP contribution in [-0.2, 0) is 9.84 Å². The molecule has 2 fully saturated rings. The fourth-order valence-electron chi connectivity index (χ4n) is 3.02. The van der Waals surface area contributed by atoms with E-state index in [1.807, 2.05) is 0 Å². The van der Waals surface area contributed by atoms with Gasteiger partial charge < -0.3 is 5.32 Å². The van der Waals surface area contributed by atoms with Gasteiger partial charge in [0.25, 0.3) is 0 Å². The fraction of sp³-hybridized carbons (Fsp3) is 0.571. The lowest BCUT2D eigenvalue weighted by atomic mass is 9.75. The van der Waals surface area contributed by atoms with E-state index in [1.165, 1.54) is 5.56 Å². The van der Waals surface area contributed by atoms with Gasteiger partial charge in [0.05, 0.1) is 11.5 Å². The van der Waals surface area contributed by atoms with Crippen molar-refractivity contribution in [3.63, 3.8) is 0 Å². The first-order valence-corrected chi connectivity index (χ1v) is 9.35. The Hall–Kier alpha value is -0.390. The molecule has 1 unspecified atom stereocenters. The van der Waals surface area contributed by atoms with E-state index in [0.717, 1.165) is 23.7 Å². The molecule has 0 radical (unpaired) electrons. The molecule has 1 saturated carbocycles. The van der Waals surface area contributed by atoms with Gasteiger partial charge in [0, 0.05) is 16.6 Å². The molecule has 1 aromatic carbocycles. The standard InChI is InChI=1S/C14H18BrNO2S/c15-12-3-1-10(2-4-12)11-7-14(8-11)16-13-5-6-19(17,18)9-13/h1-4,11,13-14,16H,5-9H2. The second-order valence-corrected chi connectivity index (χ2v) is 8.83. The Morgan fingerprint density at radius 1 is 1.11 bits per heavy atom. The molecule has 1 N–H and O–H groups in total. The van der Waals surface area contributed by atoms with Crippen LogP contribution in [0.2, 0.25) is 0 Å². The van der Waals surface area contributed by atoms with Gasteiger partial charge in [-0.15, -0.1) is 0 Å². The van der Waals surface area contributed by atoms with E-state index in [0.29, 0.717) is 23.5 Å². The summed E-state index contributed by atoms with van der Waals surface area (Å²) in [4.78, 5) is 0. The van der Waals surface area contributed by atoms with Gasteiger partial charge >= 0.3 is 0 Å². The summed E-state index contributed by atoms with van der Waals surface area (Å²) >= 11 is 3.45. The van der Waals surface area contributed by atoms with Crippen LogP contribution in [0.15, 0.2) is 28.7 Å². The average Bonchev–Trinajstić information content (AvgIpc) is 2.64. The highest BCUT2D eigenvalue weighted by molar-refractivity contribution is 9.10. The lowest BCUT2D eigenvalue weighted by molar-refractivity contribution is 0.271. The molecule has 1 atom stereocenters. The molecule has 1 aromatic rings. The first-order chi connectivity index (χ1) is 9.02. The van der Waals surface area contributed by atoms with E-state index in [9.17, 15) is 8.42 Å². The molecule has 1 aliphatic heterocycles. The summed E-state index contributed by atoms with van der Waals surface area (Å²) in [6.45, 7) is 0. The van der Waals surface area contributed by atoms with Gasteiger partial charge in [0.1, 0.15) is 0 Å². The maximum absolute atomic E-state index is 11.4. The van der Waals surface area contributed by atoms with Crippen LogP contribution in [0.3, 0.4) is 0 Å². The summed E-state index contributed by atoms with van der Waals surface area (Å²) in [6.07, 6.45) is 3.03. The highest BCUT2D eigenvalue weighted by Crippen LogP contribution is 2.37. The van der Waals surface area contributed by atoms with Crippen molar-refractivity contribution < 1.29 is 8.42 Å². The number of benzene rings is 1. The molecule has 3 rings (SSSR count). The zero-order valence-electron chi connectivity index (χ0n) is 10.7. The minimum absolute atomic E-state index is 0.181. The molecule has 0 bridgehead atoms. The molecule has 1 heterocycles. The lowest BCUT2D eigenvalue weighted by Gasteiger charge is -2.38. The van der Waals surface area contributed by atoms with Crippen molar-refractivity contribution >= 4 is 25.8 Å². The molecule has 0 spiro atoms. The van der Waals surface area contributed by atoms with Gasteiger partial charge in [-0.05, 0) is 42.9 Å². The molecule has 19 heavy (non-hydrogen) atoms. The molecular formula is C14H18BrNO2S. The van der Waals surface area contributed by atoms with Crippen LogP contribution in [0.25, 0.3) is 0 Å². The molecular weight excluding hydrogens is 326 g/mol. The molecule has 1 saturated heterocycles. The van der Waals surface area contributed by atoms with Crippen molar-refractivity contribution in [1.82, 2.24) is 5.32 Å². The van der Waals surface area contributed by atoms with Crippen molar-refractivity contribution in [1.29, 1.82) is 0 Å². The van der Waals surface area contributed by atoms with Gasteiger partial charge in [-0.25, -0.2) is 8.42 Å². The average molecular weight is 344 g/mol. The van der Waals surface area contributed by atoms with Gasteiger partial charge in [-0.2, -0.15) is 0 Å². The molecule has 104 valence electrons. The smallest absolute Gasteiger partial charge is 0.151 e. The van der Waals surface area contributed by atoms with E-state index >= 15 is 0 Å². The summed E-state index contributed by atoms with van der Waals surface area (Å²) in [5.41, 5.74) is 1.39. The minimum Gasteiger partial charge on any atom is -0.310 e. The normalized spacial score (nSPS) is 33.0. The number of nitrogens with one attached hydrogen (secondary N) is 1. The van der Waals surface area contributed by atoms with Gasteiger partial charge in [-0.1, -0.05) is 28.1 Å². The lowest BCUT2D eigenvalue weighted by Crippen LogP contribution is -2.46. The monoisotopic (exact) mass is 343 g/mol. The summed E-state index contributed by atoms with van der Waals surface area (Å²) in [7, 11) is -2.76. The number of rotatable bonds is 3. The maximum Gasteiger partial charge on any atom is 0.151 e. The molecule has 3 nitrogen and oxygen atoms in total. The zero-order valence-corrected chi connectivity index (χ0v) is 13.1. The molecule has 5 heteroatoms. The SMILES string of the molecule is O=S1(=O)CCC(NC2CC(c3ccc(Br)cc3)C2)C1. The van der Waals surface area contributed by atoms with Crippen molar-refractivity contribution in [2.45, 2.75) is 37.3 Å². The van der Waals surface area contributed by atoms with Crippen LogP contribution in [0.5, 0.6) is 0 Å². The summed E-state index contributed by atoms with van der Waals surface area (Å²) in [6, 6.07) is 9.18. The number of halogens is 1. The topological polar surface area (TPSA) is 46.2 Å². The quantitative estimate of drug-likeness (QED) is 0.916. The third-order valence-corrected chi connectivity index (χ3v) is 6.48. The number of hydrogen-bond acceptors (Lipinski definition) is 3. The zero-order chi connectivity index (χ0) is 13.5. The Morgan fingerprint density at radius 2 is 1.79 bits per heavy atom. The van der Waals surface area contributed by atoms with Crippen molar-refractivity contribution in [2.75, 3.05) is 11.5 Å². The maximum atomic E-state index is 11.4. The van der Waals surface area contributed by atoms with E-state index in [4.69, 9.17) is 0 Å². The van der Waals surface area contributed by atoms with Crippen molar-refractivity contribution in [2.24, 2.45) is 0 Å². The van der Waals surface area contributed by atoms with Gasteiger partial charge in [0.2, 0.25) is 0 Å². The number of hydrogen-bond donors (Lipinski definition) is 1. The van der Waals surface area contributed by atoms with Crippen molar-refractivity contribution in [3.05, 3.63) is 34.3 Å². The van der Waals surface area contributed by atoms with E-state index in [2.05, 4.69) is 45.5 Å². The molecule has 2 aliphatic rings. The minimum atomic E-state index is -2.76. The third kappa shape index (κ3) is 3.20. The van der Waals surface area contributed by atoms with Crippen LogP contribution in [0.1, 0.15) is 30.7 Å². The predicted molar refractivity (Wildman–Crippen MR) is 80.1 cm³/mol. The molecule has 1 aliphatic carbocycles. The van der Waals surface area contributed by atoms with Gasteiger partial charge in [-0.3, -0.25) is 0 Å². The highest BCUT2D eigenvalue weighted by atomic mass is 79.9. The second-order valence-electron chi connectivity index (χ2n) is 5.68. The second kappa shape index (κ2) is 5.19. The summed E-state index contributed by atoms with van der Waals surface area (Å²) in [5.74, 6) is 1.31. The van der Waals surface area contributed by atoms with Crippen LogP contribution < -0.4 is 5.32 Å². The predicted octanol–water partition coefficient (Wildman–Crippen LogP) is 2.47. The first-order valence-electron chi connectivity index (χ1n) is 6.74. The van der Waals surface area contributed by atoms with Crippen LogP contribution in [-0.4, -0.2) is 32.0 Å². The van der Waals surface area contributed by atoms with Crippen molar-refractivity contribution in [3.8, 4) is 0 Å². The van der Waals surface area contributed by atoms with Gasteiger partial charge in [0.15, 0.2) is 9.84 Å². The third-order valence-electron chi connectivity index (χ3n) is 4.18. The van der Waals surface area contributed by atoms with E-state index in [-0.39, 0.29) is 6.04 Å². The Balaban J connectivity index is 1.49. The number of sulfone groups is 1. The fourth-order valence-corrected chi connectivity index (χ4v) is 4.97. The Bertz CT molecular complexity index is 549. The summed E-state index contributed by atoms with van der Waals surface area (Å²) < 4.78 is 23.9. The van der Waals surface area contributed by atoms with Crippen LogP contribution >= 0.6 is 15.9 Å². The Labute approximate surface area is 122 Å². The summed E-state index contributed by atoms with van der Waals surface area (Å²) in [5, 5.41) is 3.49. The van der Waals surface area contributed by atoms with Crippen LogP contribution in [0, 0.1) is 0 Å².